The highest BCUT2D eigenvalue weighted by Gasteiger charge is 2.14. The second kappa shape index (κ2) is 7.92. The first-order chi connectivity index (χ1) is 13.6. The molecule has 1 N–H and O–H groups in total. The van der Waals surface area contributed by atoms with Gasteiger partial charge in [-0.25, -0.2) is 4.68 Å². The molecule has 6 heteroatoms. The Kier molecular flexibility index (Phi) is 5.19. The average Bonchev–Trinajstić information content (AvgIpc) is 2.73. The summed E-state index contributed by atoms with van der Waals surface area (Å²) in [7, 11) is 0. The van der Waals surface area contributed by atoms with E-state index in [4.69, 9.17) is 0 Å². The molecule has 6 nitrogen and oxygen atoms in total. The normalized spacial score (nSPS) is 14.5. The summed E-state index contributed by atoms with van der Waals surface area (Å²) in [4.78, 5) is 24.8. The van der Waals surface area contributed by atoms with Crippen LogP contribution in [-0.2, 0) is 24.2 Å². The number of carbonyl (C=O) groups is 1. The molecule has 1 aliphatic rings. The lowest BCUT2D eigenvalue weighted by atomic mass is 9.89. The van der Waals surface area contributed by atoms with Gasteiger partial charge in [0.25, 0.3) is 5.56 Å². The van der Waals surface area contributed by atoms with Gasteiger partial charge >= 0.3 is 0 Å². The van der Waals surface area contributed by atoms with Crippen LogP contribution < -0.4 is 10.9 Å². The second-order valence-corrected chi connectivity index (χ2v) is 7.41. The van der Waals surface area contributed by atoms with Crippen molar-refractivity contribution in [3.8, 4) is 0 Å². The van der Waals surface area contributed by atoms with Gasteiger partial charge in [-0.05, 0) is 61.4 Å². The third-order valence-electron chi connectivity index (χ3n) is 5.43. The molecular formula is C22H24N4O2. The highest BCUT2D eigenvalue weighted by atomic mass is 16.2. The summed E-state index contributed by atoms with van der Waals surface area (Å²) in [6.45, 7) is 2.20. The third-order valence-corrected chi connectivity index (χ3v) is 5.43. The summed E-state index contributed by atoms with van der Waals surface area (Å²) in [6.07, 6.45) is 4.95. The Balaban J connectivity index is 1.39. The maximum atomic E-state index is 12.4. The number of amides is 1. The lowest BCUT2D eigenvalue weighted by molar-refractivity contribution is -0.122. The van der Waals surface area contributed by atoms with Crippen LogP contribution in [-0.4, -0.2) is 20.9 Å². The number of aryl methyl sites for hydroxylation is 3. The van der Waals surface area contributed by atoms with Crippen molar-refractivity contribution in [2.24, 2.45) is 0 Å². The molecule has 144 valence electrons. The molecule has 2 aromatic carbocycles. The van der Waals surface area contributed by atoms with Crippen molar-refractivity contribution in [2.45, 2.75) is 51.6 Å². The van der Waals surface area contributed by atoms with E-state index in [2.05, 4.69) is 33.8 Å². The Labute approximate surface area is 163 Å². The van der Waals surface area contributed by atoms with E-state index < -0.39 is 0 Å². The quantitative estimate of drug-likeness (QED) is 0.743. The zero-order chi connectivity index (χ0) is 19.5. The molecule has 1 aliphatic carbocycles. The number of rotatable bonds is 5. The number of hydrogen-bond acceptors (Lipinski definition) is 4. The van der Waals surface area contributed by atoms with Gasteiger partial charge in [-0.15, -0.1) is 5.10 Å². The molecule has 28 heavy (non-hydrogen) atoms. The van der Waals surface area contributed by atoms with Crippen molar-refractivity contribution in [1.29, 1.82) is 0 Å². The van der Waals surface area contributed by atoms with Crippen LogP contribution >= 0.6 is 0 Å². The number of nitrogens with zero attached hydrogens (tertiary/aromatic N) is 3. The van der Waals surface area contributed by atoms with E-state index in [1.165, 1.54) is 28.7 Å². The SMILES string of the molecule is C[C@H](NC(=O)CCn1nnc2ccccc2c1=O)c1ccc2c(c1)CCCC2. The first kappa shape index (κ1) is 18.3. The molecule has 3 aromatic rings. The summed E-state index contributed by atoms with van der Waals surface area (Å²) in [5, 5.41) is 11.5. The van der Waals surface area contributed by atoms with E-state index in [0.29, 0.717) is 10.9 Å². The maximum absolute atomic E-state index is 12.4. The lowest BCUT2D eigenvalue weighted by Crippen LogP contribution is -2.30. The molecular weight excluding hydrogens is 352 g/mol. The molecule has 1 heterocycles. The van der Waals surface area contributed by atoms with Crippen molar-refractivity contribution in [1.82, 2.24) is 20.3 Å². The van der Waals surface area contributed by atoms with E-state index in [1.807, 2.05) is 13.0 Å². The Morgan fingerprint density at radius 2 is 1.93 bits per heavy atom. The zero-order valence-electron chi connectivity index (χ0n) is 16.0. The minimum absolute atomic E-state index is 0.0702. The van der Waals surface area contributed by atoms with Crippen LogP contribution in [0.3, 0.4) is 0 Å². The van der Waals surface area contributed by atoms with E-state index in [0.717, 1.165) is 18.4 Å². The van der Waals surface area contributed by atoms with Crippen molar-refractivity contribution < 1.29 is 4.79 Å². The molecule has 0 bridgehead atoms. The zero-order valence-corrected chi connectivity index (χ0v) is 16.0. The summed E-state index contributed by atoms with van der Waals surface area (Å²) < 4.78 is 1.26. The molecule has 0 unspecified atom stereocenters. The Morgan fingerprint density at radius 3 is 2.79 bits per heavy atom. The molecule has 4 rings (SSSR count). The molecule has 0 saturated heterocycles. The number of nitrogens with one attached hydrogen (secondary N) is 1. The fourth-order valence-corrected chi connectivity index (χ4v) is 3.80. The van der Waals surface area contributed by atoms with Gasteiger partial charge in [-0.2, -0.15) is 0 Å². The predicted molar refractivity (Wildman–Crippen MR) is 108 cm³/mol. The van der Waals surface area contributed by atoms with Crippen LogP contribution in [0.1, 0.15) is 48.9 Å². The Hall–Kier alpha value is -3.02. The van der Waals surface area contributed by atoms with Gasteiger partial charge in [0.15, 0.2) is 0 Å². The molecule has 1 atom stereocenters. The largest absolute Gasteiger partial charge is 0.350 e. The maximum Gasteiger partial charge on any atom is 0.277 e. The molecule has 0 radical (unpaired) electrons. The van der Waals surface area contributed by atoms with Gasteiger partial charge in [-0.3, -0.25) is 9.59 Å². The lowest BCUT2D eigenvalue weighted by Gasteiger charge is -2.20. The monoisotopic (exact) mass is 376 g/mol. The summed E-state index contributed by atoms with van der Waals surface area (Å²) >= 11 is 0. The van der Waals surface area contributed by atoms with E-state index in [-0.39, 0.29) is 30.5 Å². The van der Waals surface area contributed by atoms with Crippen molar-refractivity contribution in [2.75, 3.05) is 0 Å². The van der Waals surface area contributed by atoms with Crippen LogP contribution in [0.5, 0.6) is 0 Å². The topological polar surface area (TPSA) is 76.9 Å². The number of aromatic nitrogens is 3. The van der Waals surface area contributed by atoms with Gasteiger partial charge in [0.05, 0.1) is 18.0 Å². The van der Waals surface area contributed by atoms with Crippen LogP contribution in [0, 0.1) is 0 Å². The van der Waals surface area contributed by atoms with Crippen molar-refractivity contribution >= 4 is 16.8 Å². The molecule has 1 aromatic heterocycles. The smallest absolute Gasteiger partial charge is 0.277 e. The van der Waals surface area contributed by atoms with E-state index >= 15 is 0 Å². The molecule has 0 fully saturated rings. The van der Waals surface area contributed by atoms with Crippen LogP contribution in [0.4, 0.5) is 0 Å². The second-order valence-electron chi connectivity index (χ2n) is 7.41. The molecule has 0 spiro atoms. The minimum Gasteiger partial charge on any atom is -0.350 e. The standard InChI is InChI=1S/C22H24N4O2/c1-15(17-11-10-16-6-2-3-7-18(16)14-17)23-21(27)12-13-26-22(28)19-8-4-5-9-20(19)24-25-26/h4-5,8-11,14-15H,2-3,6-7,12-13H2,1H3,(H,23,27)/t15-/m0/s1. The molecule has 0 aliphatic heterocycles. The fraction of sp³-hybridized carbons (Fsp3) is 0.364. The van der Waals surface area contributed by atoms with Gasteiger partial charge in [0.1, 0.15) is 5.52 Å². The fourth-order valence-electron chi connectivity index (χ4n) is 3.80. The average molecular weight is 376 g/mol. The number of hydrogen-bond donors (Lipinski definition) is 1. The van der Waals surface area contributed by atoms with Gasteiger partial charge in [0.2, 0.25) is 5.91 Å². The predicted octanol–water partition coefficient (Wildman–Crippen LogP) is 2.94. The molecule has 0 saturated carbocycles. The number of fused-ring (bicyclic) bond motifs is 2. The van der Waals surface area contributed by atoms with Crippen LogP contribution in [0.25, 0.3) is 10.9 Å². The Bertz CT molecular complexity index is 1070. The highest BCUT2D eigenvalue weighted by molar-refractivity contribution is 5.77. The van der Waals surface area contributed by atoms with E-state index in [9.17, 15) is 9.59 Å². The number of carbonyl (C=O) groups excluding carboxylic acids is 1. The van der Waals surface area contributed by atoms with Gasteiger partial charge < -0.3 is 5.32 Å². The van der Waals surface area contributed by atoms with E-state index in [1.54, 1.807) is 18.2 Å². The Morgan fingerprint density at radius 1 is 1.14 bits per heavy atom. The summed E-state index contributed by atoms with van der Waals surface area (Å²) in [6, 6.07) is 13.5. The highest BCUT2D eigenvalue weighted by Crippen LogP contribution is 2.24. The van der Waals surface area contributed by atoms with Crippen molar-refractivity contribution in [3.63, 3.8) is 0 Å². The number of benzene rings is 2. The molecule has 1 amide bonds. The summed E-state index contributed by atoms with van der Waals surface area (Å²) in [5.41, 5.74) is 4.30. The summed E-state index contributed by atoms with van der Waals surface area (Å²) in [5.74, 6) is -0.105. The van der Waals surface area contributed by atoms with Gasteiger partial charge in [-0.1, -0.05) is 35.5 Å². The van der Waals surface area contributed by atoms with Crippen LogP contribution in [0.15, 0.2) is 47.3 Å². The van der Waals surface area contributed by atoms with Crippen LogP contribution in [0.2, 0.25) is 0 Å². The van der Waals surface area contributed by atoms with Crippen molar-refractivity contribution in [3.05, 3.63) is 69.5 Å². The first-order valence-corrected chi connectivity index (χ1v) is 9.85. The van der Waals surface area contributed by atoms with Gasteiger partial charge in [0, 0.05) is 6.42 Å². The minimum atomic E-state index is -0.221. The third kappa shape index (κ3) is 3.81. The first-order valence-electron chi connectivity index (χ1n) is 9.85.